The van der Waals surface area contributed by atoms with E-state index >= 15 is 0 Å². The lowest BCUT2D eigenvalue weighted by molar-refractivity contribution is 0.150. The molecule has 162 valence electrons. The Morgan fingerprint density at radius 1 is 1.23 bits per heavy atom. The van der Waals surface area contributed by atoms with Crippen LogP contribution in [0.1, 0.15) is 42.9 Å². The summed E-state index contributed by atoms with van der Waals surface area (Å²) in [5, 5.41) is 14.0. The molecule has 0 saturated heterocycles. The van der Waals surface area contributed by atoms with E-state index in [-0.39, 0.29) is 31.2 Å². The van der Waals surface area contributed by atoms with Gasteiger partial charge in [0.05, 0.1) is 19.3 Å². The van der Waals surface area contributed by atoms with Crippen LogP contribution in [0.2, 0.25) is 0 Å². The Hall–Kier alpha value is -2.85. The highest BCUT2D eigenvalue weighted by molar-refractivity contribution is 5.86. The van der Waals surface area contributed by atoms with Crippen LogP contribution >= 0.6 is 0 Å². The van der Waals surface area contributed by atoms with Gasteiger partial charge in [-0.25, -0.2) is 13.8 Å². The first-order valence-corrected chi connectivity index (χ1v) is 9.93. The Balaban J connectivity index is 1.99. The molecule has 0 fully saturated rings. The highest BCUT2D eigenvalue weighted by Gasteiger charge is 2.19. The van der Waals surface area contributed by atoms with Gasteiger partial charge in [0.2, 0.25) is 5.95 Å². The first-order chi connectivity index (χ1) is 14.5. The molecule has 1 aromatic carbocycles. The highest BCUT2D eigenvalue weighted by atomic mass is 19.3. The largest absolute Gasteiger partial charge is 0.395 e. The Kier molecular flexibility index (Phi) is 7.11. The van der Waals surface area contributed by atoms with Gasteiger partial charge in [0, 0.05) is 25.2 Å². The van der Waals surface area contributed by atoms with Crippen molar-refractivity contribution in [2.75, 3.05) is 30.3 Å². The van der Waals surface area contributed by atoms with Gasteiger partial charge in [0.25, 0.3) is 6.43 Å². The molecule has 0 saturated carbocycles. The Morgan fingerprint density at radius 3 is 2.70 bits per heavy atom. The number of hydrogen-bond donors (Lipinski definition) is 3. The fourth-order valence-corrected chi connectivity index (χ4v) is 3.35. The summed E-state index contributed by atoms with van der Waals surface area (Å²) in [6, 6.07) is 4.82. The molecule has 0 bridgehead atoms. The first kappa shape index (κ1) is 21.8. The number of rotatable bonds is 10. The van der Waals surface area contributed by atoms with E-state index in [0.29, 0.717) is 41.1 Å². The number of alkyl halides is 2. The molecule has 5 N–H and O–H groups in total. The highest BCUT2D eigenvalue weighted by Crippen LogP contribution is 2.27. The van der Waals surface area contributed by atoms with Gasteiger partial charge in [0.15, 0.2) is 11.3 Å². The summed E-state index contributed by atoms with van der Waals surface area (Å²) < 4.78 is 28.6. The van der Waals surface area contributed by atoms with Crippen molar-refractivity contribution >= 4 is 22.8 Å². The molecule has 2 heterocycles. The topological polar surface area (TPSA) is 119 Å². The average molecular weight is 419 g/mol. The number of halogens is 2. The van der Waals surface area contributed by atoms with Gasteiger partial charge in [-0.15, -0.1) is 0 Å². The standard InChI is InChI=1S/C20H27F2N7O/c1-2-3-6-28(7-8-30)19-17-16(25-20(24)26-19)12-29(27-17)11-14-5-4-13(10-23)9-15(14)18(21)22/h4-5,9,12,18,30H,2-3,6-8,10-11,23H2,1H3,(H2,24,25). The van der Waals surface area contributed by atoms with Gasteiger partial charge >= 0.3 is 0 Å². The number of nitrogens with zero attached hydrogens (tertiary/aromatic N) is 5. The molecule has 0 aliphatic heterocycles. The zero-order valence-corrected chi connectivity index (χ0v) is 16.9. The minimum atomic E-state index is -2.61. The third-order valence-electron chi connectivity index (χ3n) is 4.87. The van der Waals surface area contributed by atoms with Gasteiger partial charge in [-0.1, -0.05) is 25.5 Å². The van der Waals surface area contributed by atoms with Crippen LogP contribution in [0.3, 0.4) is 0 Å². The van der Waals surface area contributed by atoms with E-state index in [0.717, 1.165) is 12.8 Å². The van der Waals surface area contributed by atoms with Crippen molar-refractivity contribution in [3.8, 4) is 0 Å². The van der Waals surface area contributed by atoms with Gasteiger partial charge < -0.3 is 21.5 Å². The van der Waals surface area contributed by atoms with E-state index in [4.69, 9.17) is 11.5 Å². The number of aromatic nitrogens is 4. The summed E-state index contributed by atoms with van der Waals surface area (Å²) >= 11 is 0. The van der Waals surface area contributed by atoms with Crippen LogP contribution in [-0.4, -0.2) is 44.6 Å². The van der Waals surface area contributed by atoms with Gasteiger partial charge in [0.1, 0.15) is 5.52 Å². The molecule has 0 atom stereocenters. The molecule has 0 aliphatic rings. The first-order valence-electron chi connectivity index (χ1n) is 9.93. The summed E-state index contributed by atoms with van der Waals surface area (Å²) in [7, 11) is 0. The maximum absolute atomic E-state index is 13.5. The molecule has 30 heavy (non-hydrogen) atoms. The molecular formula is C20H27F2N7O. The van der Waals surface area contributed by atoms with Crippen LogP contribution in [0.25, 0.3) is 11.0 Å². The number of nitrogen functional groups attached to an aromatic ring is 1. The van der Waals surface area contributed by atoms with Crippen molar-refractivity contribution in [3.63, 3.8) is 0 Å². The molecular weight excluding hydrogens is 392 g/mol. The lowest BCUT2D eigenvalue weighted by atomic mass is 10.0. The number of unbranched alkanes of at least 4 members (excludes halogenated alkanes) is 1. The second-order valence-electron chi connectivity index (χ2n) is 7.07. The molecule has 0 amide bonds. The predicted octanol–water partition coefficient (Wildman–Crippen LogP) is 2.45. The zero-order chi connectivity index (χ0) is 21.7. The normalized spacial score (nSPS) is 11.5. The Labute approximate surface area is 173 Å². The van der Waals surface area contributed by atoms with E-state index in [1.807, 2.05) is 4.90 Å². The van der Waals surface area contributed by atoms with Gasteiger partial charge in [-0.2, -0.15) is 10.1 Å². The number of anilines is 2. The van der Waals surface area contributed by atoms with E-state index < -0.39 is 6.43 Å². The van der Waals surface area contributed by atoms with Crippen molar-refractivity contribution in [2.45, 2.75) is 39.3 Å². The summed E-state index contributed by atoms with van der Waals surface area (Å²) in [6.45, 7) is 3.45. The molecule has 2 aromatic heterocycles. The number of aliphatic hydroxyl groups excluding tert-OH is 1. The second-order valence-corrected chi connectivity index (χ2v) is 7.07. The SMILES string of the molecule is CCCCN(CCO)c1nc(N)nc2cn(Cc3ccc(CN)cc3C(F)F)nc12. The Morgan fingerprint density at radius 2 is 2.03 bits per heavy atom. The van der Waals surface area contributed by atoms with Crippen molar-refractivity contribution < 1.29 is 13.9 Å². The van der Waals surface area contributed by atoms with E-state index in [2.05, 4.69) is 22.0 Å². The summed E-state index contributed by atoms with van der Waals surface area (Å²) in [5.41, 5.74) is 13.5. The maximum atomic E-state index is 13.5. The summed E-state index contributed by atoms with van der Waals surface area (Å²) in [5.74, 6) is 0.628. The molecule has 3 aromatic rings. The van der Waals surface area contributed by atoms with Crippen LogP contribution < -0.4 is 16.4 Å². The van der Waals surface area contributed by atoms with Crippen LogP contribution in [0.5, 0.6) is 0 Å². The van der Waals surface area contributed by atoms with Crippen molar-refractivity contribution in [3.05, 3.63) is 41.1 Å². The van der Waals surface area contributed by atoms with Crippen LogP contribution in [0.4, 0.5) is 20.5 Å². The quantitative estimate of drug-likeness (QED) is 0.462. The fraction of sp³-hybridized carbons (Fsp3) is 0.450. The van der Waals surface area contributed by atoms with E-state index in [1.165, 1.54) is 6.07 Å². The van der Waals surface area contributed by atoms with Crippen LogP contribution in [0.15, 0.2) is 24.4 Å². The van der Waals surface area contributed by atoms with Gasteiger partial charge in [-0.3, -0.25) is 4.68 Å². The van der Waals surface area contributed by atoms with Gasteiger partial charge in [-0.05, 0) is 23.6 Å². The molecule has 10 heteroatoms. The number of benzene rings is 1. The monoisotopic (exact) mass is 419 g/mol. The van der Waals surface area contributed by atoms with Crippen molar-refractivity contribution in [2.24, 2.45) is 5.73 Å². The fourth-order valence-electron chi connectivity index (χ4n) is 3.35. The van der Waals surface area contributed by atoms with Crippen LogP contribution in [0, 0.1) is 0 Å². The summed E-state index contributed by atoms with van der Waals surface area (Å²) in [6.07, 6.45) is 0.948. The summed E-state index contributed by atoms with van der Waals surface area (Å²) in [4.78, 5) is 10.5. The third kappa shape index (κ3) is 4.82. The second kappa shape index (κ2) is 9.77. The lowest BCUT2D eigenvalue weighted by Gasteiger charge is -2.22. The van der Waals surface area contributed by atoms with Crippen LogP contribution in [-0.2, 0) is 13.1 Å². The number of nitrogens with two attached hydrogens (primary N) is 2. The molecule has 0 aliphatic carbocycles. The minimum Gasteiger partial charge on any atom is -0.395 e. The number of aliphatic hydroxyl groups is 1. The van der Waals surface area contributed by atoms with E-state index in [1.54, 1.807) is 23.0 Å². The maximum Gasteiger partial charge on any atom is 0.264 e. The van der Waals surface area contributed by atoms with E-state index in [9.17, 15) is 13.9 Å². The number of fused-ring (bicyclic) bond motifs is 1. The minimum absolute atomic E-state index is 0.0406. The average Bonchev–Trinajstić information content (AvgIpc) is 3.12. The smallest absolute Gasteiger partial charge is 0.264 e. The van der Waals surface area contributed by atoms with Crippen molar-refractivity contribution in [1.29, 1.82) is 0 Å². The third-order valence-corrected chi connectivity index (χ3v) is 4.87. The van der Waals surface area contributed by atoms with Crippen molar-refractivity contribution in [1.82, 2.24) is 19.7 Å². The zero-order valence-electron chi connectivity index (χ0n) is 16.9. The molecule has 0 unspecified atom stereocenters. The number of hydrogen-bond acceptors (Lipinski definition) is 7. The molecule has 3 rings (SSSR count). The predicted molar refractivity (Wildman–Crippen MR) is 112 cm³/mol. The molecule has 0 spiro atoms. The Bertz CT molecular complexity index is 993. The molecule has 0 radical (unpaired) electrons. The molecule has 8 nitrogen and oxygen atoms in total. The lowest BCUT2D eigenvalue weighted by Crippen LogP contribution is -2.29.